The number of methoxy groups -OCH3 is 1. The number of carbonyl (C=O) groups is 1. The SMILES string of the molecule is COc1ccc([C@@H]2C3=C(C[C@H](/C=C/c4ccccc4)CC3=O)Nc3ncnn32)cc1. The quantitative estimate of drug-likeness (QED) is 0.712. The molecule has 0 saturated carbocycles. The van der Waals surface area contributed by atoms with E-state index in [4.69, 9.17) is 4.74 Å². The number of Topliss-reactive ketones (excluding diaryl/α,β-unsaturated/α-hetero) is 1. The van der Waals surface area contributed by atoms with Crippen molar-refractivity contribution in [3.8, 4) is 5.75 Å². The molecule has 3 aromatic rings. The number of hydrogen-bond donors (Lipinski definition) is 1. The highest BCUT2D eigenvalue weighted by Gasteiger charge is 2.38. The number of ketones is 1. The zero-order chi connectivity index (χ0) is 20.5. The van der Waals surface area contributed by atoms with Gasteiger partial charge in [-0.05, 0) is 35.6 Å². The first-order chi connectivity index (χ1) is 14.7. The van der Waals surface area contributed by atoms with E-state index >= 15 is 0 Å². The predicted molar refractivity (Wildman–Crippen MR) is 115 cm³/mol. The summed E-state index contributed by atoms with van der Waals surface area (Å²) in [6.45, 7) is 0. The summed E-state index contributed by atoms with van der Waals surface area (Å²) in [4.78, 5) is 17.6. The lowest BCUT2D eigenvalue weighted by Gasteiger charge is -2.34. The summed E-state index contributed by atoms with van der Waals surface area (Å²) in [5, 5.41) is 7.74. The first-order valence-corrected chi connectivity index (χ1v) is 10.0. The van der Waals surface area contributed by atoms with Crippen molar-refractivity contribution in [1.29, 1.82) is 0 Å². The van der Waals surface area contributed by atoms with Crippen LogP contribution in [0.5, 0.6) is 5.75 Å². The van der Waals surface area contributed by atoms with E-state index in [-0.39, 0.29) is 17.7 Å². The lowest BCUT2D eigenvalue weighted by atomic mass is 9.80. The van der Waals surface area contributed by atoms with Crippen LogP contribution in [0.15, 0.2) is 78.3 Å². The van der Waals surface area contributed by atoms with Crippen molar-refractivity contribution in [2.75, 3.05) is 12.4 Å². The molecule has 2 atom stereocenters. The summed E-state index contributed by atoms with van der Waals surface area (Å²) in [6, 6.07) is 17.7. The third-order valence-corrected chi connectivity index (χ3v) is 5.69. The molecule has 0 fully saturated rings. The van der Waals surface area contributed by atoms with Gasteiger partial charge in [-0.25, -0.2) is 4.68 Å². The van der Waals surface area contributed by atoms with Gasteiger partial charge in [0, 0.05) is 17.7 Å². The molecule has 1 aromatic heterocycles. The molecule has 1 aliphatic heterocycles. The number of nitrogens with one attached hydrogen (secondary N) is 1. The zero-order valence-electron chi connectivity index (χ0n) is 16.7. The summed E-state index contributed by atoms with van der Waals surface area (Å²) < 4.78 is 7.07. The highest BCUT2D eigenvalue weighted by atomic mass is 16.5. The number of anilines is 1. The van der Waals surface area contributed by atoms with Crippen molar-refractivity contribution >= 4 is 17.8 Å². The summed E-state index contributed by atoms with van der Waals surface area (Å²) in [6.07, 6.45) is 7.01. The number of aromatic nitrogens is 3. The molecule has 1 N–H and O–H groups in total. The van der Waals surface area contributed by atoms with E-state index < -0.39 is 0 Å². The van der Waals surface area contributed by atoms with E-state index in [2.05, 4.69) is 39.7 Å². The standard InChI is InChI=1S/C24H22N4O2/c1-30-19-11-9-18(10-12-19)23-22-20(27-24-25-15-26-28(23)24)13-17(14-21(22)29)8-7-16-5-3-2-4-6-16/h2-12,15,17,23H,13-14H2,1H3,(H,25,26,27)/b8-7+/t17-,23+/m0/s1. The van der Waals surface area contributed by atoms with Crippen LogP contribution in [-0.4, -0.2) is 27.7 Å². The number of benzene rings is 2. The Bertz CT molecular complexity index is 1130. The summed E-state index contributed by atoms with van der Waals surface area (Å²) in [7, 11) is 1.64. The maximum absolute atomic E-state index is 13.3. The van der Waals surface area contributed by atoms with E-state index in [1.165, 1.54) is 6.33 Å². The molecule has 5 rings (SSSR count). The Morgan fingerprint density at radius 1 is 1.10 bits per heavy atom. The van der Waals surface area contributed by atoms with Crippen LogP contribution >= 0.6 is 0 Å². The molecule has 2 heterocycles. The van der Waals surface area contributed by atoms with E-state index in [0.29, 0.717) is 12.4 Å². The fourth-order valence-electron chi connectivity index (χ4n) is 4.22. The second-order valence-corrected chi connectivity index (χ2v) is 7.58. The van der Waals surface area contributed by atoms with Gasteiger partial charge in [0.15, 0.2) is 5.78 Å². The van der Waals surface area contributed by atoms with Gasteiger partial charge >= 0.3 is 0 Å². The average molecular weight is 398 g/mol. The van der Waals surface area contributed by atoms with Gasteiger partial charge in [0.1, 0.15) is 18.1 Å². The van der Waals surface area contributed by atoms with Crippen LogP contribution in [0.2, 0.25) is 0 Å². The lowest BCUT2D eigenvalue weighted by molar-refractivity contribution is -0.117. The van der Waals surface area contributed by atoms with E-state index in [1.807, 2.05) is 42.5 Å². The van der Waals surface area contributed by atoms with Crippen LogP contribution in [0.4, 0.5) is 5.95 Å². The molecule has 0 bridgehead atoms. The van der Waals surface area contributed by atoms with Crippen LogP contribution < -0.4 is 10.1 Å². The minimum Gasteiger partial charge on any atom is -0.497 e. The minimum absolute atomic E-state index is 0.147. The third kappa shape index (κ3) is 3.30. The topological polar surface area (TPSA) is 69.0 Å². The van der Waals surface area contributed by atoms with Crippen LogP contribution in [-0.2, 0) is 4.79 Å². The molecule has 2 aromatic carbocycles. The van der Waals surface area contributed by atoms with Crippen LogP contribution in [0.1, 0.15) is 30.0 Å². The van der Waals surface area contributed by atoms with E-state index in [0.717, 1.165) is 34.6 Å². The molecule has 1 aliphatic carbocycles. The largest absolute Gasteiger partial charge is 0.497 e. The number of allylic oxidation sites excluding steroid dienone is 3. The Balaban J connectivity index is 1.49. The Hall–Kier alpha value is -3.67. The summed E-state index contributed by atoms with van der Waals surface area (Å²) >= 11 is 0. The highest BCUT2D eigenvalue weighted by Crippen LogP contribution is 2.41. The molecule has 0 amide bonds. The Kier molecular flexibility index (Phi) is 4.67. The molecule has 0 unspecified atom stereocenters. The average Bonchev–Trinajstić information content (AvgIpc) is 3.25. The number of nitrogens with zero attached hydrogens (tertiary/aromatic N) is 3. The van der Waals surface area contributed by atoms with Gasteiger partial charge < -0.3 is 10.1 Å². The van der Waals surface area contributed by atoms with Crippen molar-refractivity contribution in [2.24, 2.45) is 5.92 Å². The van der Waals surface area contributed by atoms with Crippen molar-refractivity contribution in [3.05, 3.63) is 89.4 Å². The van der Waals surface area contributed by atoms with Crippen molar-refractivity contribution in [2.45, 2.75) is 18.9 Å². The monoisotopic (exact) mass is 398 g/mol. The zero-order valence-corrected chi connectivity index (χ0v) is 16.7. The molecule has 30 heavy (non-hydrogen) atoms. The number of rotatable bonds is 4. The first-order valence-electron chi connectivity index (χ1n) is 10.0. The first kappa shape index (κ1) is 18.4. The fraction of sp³-hybridized carbons (Fsp3) is 0.208. The Morgan fingerprint density at radius 3 is 2.67 bits per heavy atom. The molecule has 150 valence electrons. The molecule has 0 saturated heterocycles. The number of carbonyl (C=O) groups excluding carboxylic acids is 1. The highest BCUT2D eigenvalue weighted by molar-refractivity contribution is 5.99. The number of hydrogen-bond acceptors (Lipinski definition) is 5. The molecule has 6 nitrogen and oxygen atoms in total. The van der Waals surface area contributed by atoms with Crippen LogP contribution in [0.25, 0.3) is 6.08 Å². The predicted octanol–water partition coefficient (Wildman–Crippen LogP) is 4.25. The molecular formula is C24H22N4O2. The van der Waals surface area contributed by atoms with Crippen LogP contribution in [0, 0.1) is 5.92 Å². The maximum atomic E-state index is 13.3. The van der Waals surface area contributed by atoms with E-state index in [1.54, 1.807) is 11.8 Å². The second-order valence-electron chi connectivity index (χ2n) is 7.58. The van der Waals surface area contributed by atoms with Gasteiger partial charge in [-0.15, -0.1) is 0 Å². The van der Waals surface area contributed by atoms with Crippen molar-refractivity contribution in [1.82, 2.24) is 14.8 Å². The van der Waals surface area contributed by atoms with Gasteiger partial charge in [-0.1, -0.05) is 54.6 Å². The van der Waals surface area contributed by atoms with E-state index in [9.17, 15) is 4.79 Å². The molecule has 6 heteroatoms. The number of ether oxygens (including phenoxy) is 1. The maximum Gasteiger partial charge on any atom is 0.226 e. The van der Waals surface area contributed by atoms with Gasteiger partial charge in [-0.2, -0.15) is 10.1 Å². The van der Waals surface area contributed by atoms with Crippen LogP contribution in [0.3, 0.4) is 0 Å². The van der Waals surface area contributed by atoms with Gasteiger partial charge in [-0.3, -0.25) is 4.79 Å². The minimum atomic E-state index is -0.281. The summed E-state index contributed by atoms with van der Waals surface area (Å²) in [5.74, 6) is 1.74. The third-order valence-electron chi connectivity index (χ3n) is 5.69. The lowest BCUT2D eigenvalue weighted by Crippen LogP contribution is -2.33. The fourth-order valence-corrected chi connectivity index (χ4v) is 4.22. The molecule has 0 spiro atoms. The number of fused-ring (bicyclic) bond motifs is 1. The second kappa shape index (κ2) is 7.63. The van der Waals surface area contributed by atoms with Crippen molar-refractivity contribution < 1.29 is 9.53 Å². The Labute approximate surface area is 174 Å². The van der Waals surface area contributed by atoms with Gasteiger partial charge in [0.25, 0.3) is 0 Å². The normalized spacial score (nSPS) is 20.6. The molecule has 0 radical (unpaired) electrons. The van der Waals surface area contributed by atoms with Crippen molar-refractivity contribution in [3.63, 3.8) is 0 Å². The molecular weight excluding hydrogens is 376 g/mol. The summed E-state index contributed by atoms with van der Waals surface area (Å²) in [5.41, 5.74) is 3.85. The Morgan fingerprint density at radius 2 is 1.90 bits per heavy atom. The molecule has 2 aliphatic rings. The van der Waals surface area contributed by atoms with Gasteiger partial charge in [0.2, 0.25) is 5.95 Å². The van der Waals surface area contributed by atoms with Gasteiger partial charge in [0.05, 0.1) is 7.11 Å². The smallest absolute Gasteiger partial charge is 0.226 e.